The highest BCUT2D eigenvalue weighted by atomic mass is 35.5. The number of hydrogen-bond acceptors (Lipinski definition) is 2. The van der Waals surface area contributed by atoms with Crippen LogP contribution in [0.25, 0.3) is 0 Å². The summed E-state index contributed by atoms with van der Waals surface area (Å²) in [5.74, 6) is 0.172. The molecule has 102 valence electrons. The third kappa shape index (κ3) is 5.34. The largest absolute Gasteiger partial charge is 0.380 e. The first-order chi connectivity index (χ1) is 8.50. The molecule has 1 rings (SSSR count). The van der Waals surface area contributed by atoms with Crippen LogP contribution in [0.5, 0.6) is 0 Å². The van der Waals surface area contributed by atoms with Crippen molar-refractivity contribution in [2.24, 2.45) is 5.92 Å². The maximum Gasteiger partial charge on any atom is 0.141 e. The van der Waals surface area contributed by atoms with Gasteiger partial charge in [-0.15, -0.1) is 0 Å². The molecular weight excluding hydrogens is 253 g/mol. The number of benzene rings is 1. The van der Waals surface area contributed by atoms with Crippen molar-refractivity contribution in [2.75, 3.05) is 19.8 Å². The van der Waals surface area contributed by atoms with Gasteiger partial charge >= 0.3 is 0 Å². The molecule has 1 atom stereocenters. The zero-order valence-electron chi connectivity index (χ0n) is 11.2. The van der Waals surface area contributed by atoms with E-state index in [0.717, 1.165) is 18.7 Å². The van der Waals surface area contributed by atoms with E-state index >= 15 is 0 Å². The van der Waals surface area contributed by atoms with Gasteiger partial charge in [-0.25, -0.2) is 4.39 Å². The quantitative estimate of drug-likeness (QED) is 0.763. The lowest BCUT2D eigenvalue weighted by Crippen LogP contribution is -2.24. The SMILES string of the molecule is CC(C)COCCNC(C)c1ccc(F)c(Cl)c1. The van der Waals surface area contributed by atoms with Gasteiger partial charge < -0.3 is 10.1 Å². The van der Waals surface area contributed by atoms with Crippen molar-refractivity contribution in [1.29, 1.82) is 0 Å². The fourth-order valence-electron chi connectivity index (χ4n) is 1.57. The van der Waals surface area contributed by atoms with Crippen molar-refractivity contribution < 1.29 is 9.13 Å². The summed E-state index contributed by atoms with van der Waals surface area (Å²) in [5.41, 5.74) is 0.977. The van der Waals surface area contributed by atoms with Crippen LogP contribution in [0.4, 0.5) is 4.39 Å². The van der Waals surface area contributed by atoms with E-state index in [1.165, 1.54) is 6.07 Å². The average Bonchev–Trinajstić information content (AvgIpc) is 2.31. The van der Waals surface area contributed by atoms with Gasteiger partial charge in [0.15, 0.2) is 0 Å². The van der Waals surface area contributed by atoms with E-state index in [-0.39, 0.29) is 16.9 Å². The highest BCUT2D eigenvalue weighted by Gasteiger charge is 2.07. The predicted molar refractivity (Wildman–Crippen MR) is 73.5 cm³/mol. The predicted octanol–water partition coefficient (Wildman–Crippen LogP) is 3.80. The number of rotatable bonds is 7. The molecule has 0 aliphatic rings. The van der Waals surface area contributed by atoms with Gasteiger partial charge in [-0.05, 0) is 30.5 Å². The fourth-order valence-corrected chi connectivity index (χ4v) is 1.76. The molecule has 0 saturated heterocycles. The summed E-state index contributed by atoms with van der Waals surface area (Å²) in [4.78, 5) is 0. The van der Waals surface area contributed by atoms with Gasteiger partial charge in [0.1, 0.15) is 5.82 Å². The van der Waals surface area contributed by atoms with E-state index < -0.39 is 0 Å². The molecule has 18 heavy (non-hydrogen) atoms. The Morgan fingerprint density at radius 3 is 2.67 bits per heavy atom. The summed E-state index contributed by atoms with van der Waals surface area (Å²) in [6.45, 7) is 8.48. The molecule has 1 unspecified atom stereocenters. The molecule has 0 bridgehead atoms. The van der Waals surface area contributed by atoms with E-state index in [1.807, 2.05) is 6.92 Å². The third-order valence-electron chi connectivity index (χ3n) is 2.59. The third-order valence-corrected chi connectivity index (χ3v) is 2.88. The summed E-state index contributed by atoms with van der Waals surface area (Å²) in [7, 11) is 0. The minimum atomic E-state index is -0.382. The van der Waals surface area contributed by atoms with Crippen LogP contribution in [0, 0.1) is 11.7 Å². The van der Waals surface area contributed by atoms with Gasteiger partial charge in [0.05, 0.1) is 11.6 Å². The molecule has 0 aromatic heterocycles. The van der Waals surface area contributed by atoms with Crippen molar-refractivity contribution >= 4 is 11.6 Å². The Hall–Kier alpha value is -0.640. The Kier molecular flexibility index (Phi) is 6.61. The highest BCUT2D eigenvalue weighted by molar-refractivity contribution is 6.30. The zero-order chi connectivity index (χ0) is 13.5. The molecule has 0 saturated carbocycles. The van der Waals surface area contributed by atoms with Crippen LogP contribution in [-0.2, 0) is 4.74 Å². The number of nitrogens with one attached hydrogen (secondary N) is 1. The number of hydrogen-bond donors (Lipinski definition) is 1. The van der Waals surface area contributed by atoms with Crippen molar-refractivity contribution in [3.8, 4) is 0 Å². The summed E-state index contributed by atoms with van der Waals surface area (Å²) < 4.78 is 18.5. The van der Waals surface area contributed by atoms with Crippen LogP contribution in [0.15, 0.2) is 18.2 Å². The van der Waals surface area contributed by atoms with Gasteiger partial charge in [-0.1, -0.05) is 31.5 Å². The molecule has 0 radical (unpaired) electrons. The molecular formula is C14H21ClFNO. The Bertz CT molecular complexity index is 371. The van der Waals surface area contributed by atoms with Crippen LogP contribution in [0.1, 0.15) is 32.4 Å². The standard InChI is InChI=1S/C14H21ClFNO/c1-10(2)9-18-7-6-17-11(3)12-4-5-14(16)13(15)8-12/h4-5,8,10-11,17H,6-7,9H2,1-3H3. The second-order valence-electron chi connectivity index (χ2n) is 4.82. The first-order valence-electron chi connectivity index (χ1n) is 6.26. The van der Waals surface area contributed by atoms with E-state index in [0.29, 0.717) is 12.5 Å². The summed E-state index contributed by atoms with van der Waals surface area (Å²) in [6.07, 6.45) is 0. The second kappa shape index (κ2) is 7.72. The molecule has 0 fully saturated rings. The minimum Gasteiger partial charge on any atom is -0.380 e. The second-order valence-corrected chi connectivity index (χ2v) is 5.23. The molecule has 0 heterocycles. The minimum absolute atomic E-state index is 0.130. The Morgan fingerprint density at radius 1 is 1.33 bits per heavy atom. The molecule has 1 aromatic carbocycles. The van der Waals surface area contributed by atoms with Crippen LogP contribution < -0.4 is 5.32 Å². The molecule has 0 aliphatic carbocycles. The van der Waals surface area contributed by atoms with Gasteiger partial charge in [-0.3, -0.25) is 0 Å². The Balaban J connectivity index is 2.31. The normalized spacial score (nSPS) is 13.0. The maximum absolute atomic E-state index is 13.0. The molecule has 4 heteroatoms. The van der Waals surface area contributed by atoms with Gasteiger partial charge in [0, 0.05) is 19.2 Å². The van der Waals surface area contributed by atoms with Crippen LogP contribution in [0.3, 0.4) is 0 Å². The van der Waals surface area contributed by atoms with Crippen molar-refractivity contribution in [3.63, 3.8) is 0 Å². The monoisotopic (exact) mass is 273 g/mol. The van der Waals surface area contributed by atoms with Crippen molar-refractivity contribution in [2.45, 2.75) is 26.8 Å². The summed E-state index contributed by atoms with van der Waals surface area (Å²) >= 11 is 5.75. The number of halogens is 2. The Labute approximate surface area is 113 Å². The summed E-state index contributed by atoms with van der Waals surface area (Å²) in [5, 5.41) is 3.48. The smallest absolute Gasteiger partial charge is 0.141 e. The first-order valence-corrected chi connectivity index (χ1v) is 6.64. The fraction of sp³-hybridized carbons (Fsp3) is 0.571. The molecule has 0 aliphatic heterocycles. The molecule has 0 amide bonds. The zero-order valence-corrected chi connectivity index (χ0v) is 11.9. The van der Waals surface area contributed by atoms with Crippen LogP contribution in [-0.4, -0.2) is 19.8 Å². The topological polar surface area (TPSA) is 21.3 Å². The average molecular weight is 274 g/mol. The van der Waals surface area contributed by atoms with Crippen molar-refractivity contribution in [3.05, 3.63) is 34.6 Å². The van der Waals surface area contributed by atoms with Crippen LogP contribution >= 0.6 is 11.6 Å². The molecule has 0 spiro atoms. The lowest BCUT2D eigenvalue weighted by Gasteiger charge is -2.15. The lowest BCUT2D eigenvalue weighted by molar-refractivity contribution is 0.110. The van der Waals surface area contributed by atoms with E-state index in [2.05, 4.69) is 19.2 Å². The Morgan fingerprint density at radius 2 is 2.06 bits per heavy atom. The van der Waals surface area contributed by atoms with Crippen LogP contribution in [0.2, 0.25) is 5.02 Å². The molecule has 1 aromatic rings. The van der Waals surface area contributed by atoms with Crippen molar-refractivity contribution in [1.82, 2.24) is 5.32 Å². The lowest BCUT2D eigenvalue weighted by atomic mass is 10.1. The molecule has 2 nitrogen and oxygen atoms in total. The summed E-state index contributed by atoms with van der Waals surface area (Å²) in [6, 6.07) is 4.92. The van der Waals surface area contributed by atoms with E-state index in [1.54, 1.807) is 12.1 Å². The first kappa shape index (κ1) is 15.4. The maximum atomic E-state index is 13.0. The van der Waals surface area contributed by atoms with Gasteiger partial charge in [-0.2, -0.15) is 0 Å². The number of ether oxygens (including phenoxy) is 1. The highest BCUT2D eigenvalue weighted by Crippen LogP contribution is 2.20. The van der Waals surface area contributed by atoms with E-state index in [9.17, 15) is 4.39 Å². The van der Waals surface area contributed by atoms with Gasteiger partial charge in [0.2, 0.25) is 0 Å². The van der Waals surface area contributed by atoms with Gasteiger partial charge in [0.25, 0.3) is 0 Å². The molecule has 1 N–H and O–H groups in total. The van der Waals surface area contributed by atoms with E-state index in [4.69, 9.17) is 16.3 Å².